The molecule has 0 spiro atoms. The van der Waals surface area contributed by atoms with Gasteiger partial charge in [-0.3, -0.25) is 4.79 Å². The number of hydrogen-bond donors (Lipinski definition) is 0. The predicted octanol–water partition coefficient (Wildman–Crippen LogP) is 3.98. The lowest BCUT2D eigenvalue weighted by atomic mass is 10.1. The van der Waals surface area contributed by atoms with E-state index in [1.807, 2.05) is 37.3 Å². The van der Waals surface area contributed by atoms with E-state index in [2.05, 4.69) is 10.2 Å². The van der Waals surface area contributed by atoms with E-state index in [0.29, 0.717) is 25.4 Å². The van der Waals surface area contributed by atoms with Crippen LogP contribution < -0.4 is 10.1 Å². The standard InChI is InChI=1S/C18H11Cl2N3OS/c1-10-2-5-12(6-3-10)16-21-22-18-23(16)17(24)15(25-18)9-11-4-7-13(19)14(20)8-11/h2-9H,1H3/b15-9-. The molecule has 0 aliphatic heterocycles. The van der Waals surface area contributed by atoms with Crippen molar-refractivity contribution >= 4 is 45.6 Å². The van der Waals surface area contributed by atoms with E-state index < -0.39 is 0 Å². The zero-order valence-electron chi connectivity index (χ0n) is 13.0. The molecular formula is C18H11Cl2N3OS. The maximum Gasteiger partial charge on any atom is 0.276 e. The molecule has 0 radical (unpaired) electrons. The SMILES string of the molecule is Cc1ccc(-c2nnc3s/c(=C\c4ccc(Cl)c(Cl)c4)c(=O)n23)cc1. The average molecular weight is 388 g/mol. The third kappa shape index (κ3) is 2.95. The number of halogens is 2. The van der Waals surface area contributed by atoms with Gasteiger partial charge in [0.15, 0.2) is 5.82 Å². The first-order valence-corrected chi connectivity index (χ1v) is 9.02. The highest BCUT2D eigenvalue weighted by atomic mass is 35.5. The van der Waals surface area contributed by atoms with Gasteiger partial charge in [0.1, 0.15) is 0 Å². The molecule has 0 N–H and O–H groups in total. The number of fused-ring (bicyclic) bond motifs is 1. The summed E-state index contributed by atoms with van der Waals surface area (Å²) in [7, 11) is 0. The number of hydrogen-bond acceptors (Lipinski definition) is 4. The molecule has 7 heteroatoms. The molecule has 0 amide bonds. The lowest BCUT2D eigenvalue weighted by molar-refractivity contribution is 1.09. The van der Waals surface area contributed by atoms with Crippen molar-refractivity contribution in [1.29, 1.82) is 0 Å². The van der Waals surface area contributed by atoms with Gasteiger partial charge in [-0.05, 0) is 30.7 Å². The quantitative estimate of drug-likeness (QED) is 0.522. The van der Waals surface area contributed by atoms with E-state index >= 15 is 0 Å². The molecule has 4 rings (SSSR count). The van der Waals surface area contributed by atoms with Gasteiger partial charge in [-0.25, -0.2) is 4.40 Å². The summed E-state index contributed by atoms with van der Waals surface area (Å²) in [6.45, 7) is 2.01. The van der Waals surface area contributed by atoms with Crippen LogP contribution in [0.5, 0.6) is 0 Å². The van der Waals surface area contributed by atoms with Crippen LogP contribution in [-0.4, -0.2) is 14.6 Å². The molecule has 2 aromatic heterocycles. The van der Waals surface area contributed by atoms with Crippen LogP contribution in [0.15, 0.2) is 47.3 Å². The van der Waals surface area contributed by atoms with Crippen LogP contribution in [0.4, 0.5) is 0 Å². The summed E-state index contributed by atoms with van der Waals surface area (Å²) in [6.07, 6.45) is 1.78. The third-order valence-corrected chi connectivity index (χ3v) is 5.50. The lowest BCUT2D eigenvalue weighted by Crippen LogP contribution is -2.23. The second kappa shape index (κ2) is 6.26. The summed E-state index contributed by atoms with van der Waals surface area (Å²) in [4.78, 5) is 13.4. The Morgan fingerprint density at radius 3 is 2.52 bits per heavy atom. The second-order valence-electron chi connectivity index (χ2n) is 5.60. The minimum atomic E-state index is -0.147. The molecule has 0 unspecified atom stereocenters. The summed E-state index contributed by atoms with van der Waals surface area (Å²) in [6, 6.07) is 13.1. The third-order valence-electron chi connectivity index (χ3n) is 3.80. The molecule has 4 nitrogen and oxygen atoms in total. The van der Waals surface area contributed by atoms with Crippen molar-refractivity contribution < 1.29 is 0 Å². The van der Waals surface area contributed by atoms with Crippen molar-refractivity contribution in [3.63, 3.8) is 0 Å². The minimum Gasteiger partial charge on any atom is -0.267 e. The Morgan fingerprint density at radius 1 is 1.04 bits per heavy atom. The Labute approximate surface area is 157 Å². The van der Waals surface area contributed by atoms with Crippen LogP contribution in [0.3, 0.4) is 0 Å². The van der Waals surface area contributed by atoms with Gasteiger partial charge in [0, 0.05) is 5.56 Å². The lowest BCUT2D eigenvalue weighted by Gasteiger charge is -1.97. The Bertz CT molecular complexity index is 1200. The maximum atomic E-state index is 12.8. The number of benzene rings is 2. The highest BCUT2D eigenvalue weighted by Crippen LogP contribution is 2.23. The van der Waals surface area contributed by atoms with E-state index in [-0.39, 0.29) is 5.56 Å². The average Bonchev–Trinajstić information content (AvgIpc) is 3.13. The molecule has 0 saturated heterocycles. The van der Waals surface area contributed by atoms with Gasteiger partial charge >= 0.3 is 0 Å². The second-order valence-corrected chi connectivity index (χ2v) is 7.42. The summed E-state index contributed by atoms with van der Waals surface area (Å²) in [5, 5.41) is 9.23. The van der Waals surface area contributed by atoms with Gasteiger partial charge < -0.3 is 0 Å². The molecule has 124 valence electrons. The molecule has 0 fully saturated rings. The van der Waals surface area contributed by atoms with Gasteiger partial charge in [-0.1, -0.05) is 70.4 Å². The topological polar surface area (TPSA) is 47.3 Å². The molecule has 0 aliphatic rings. The number of nitrogens with zero attached hydrogens (tertiary/aromatic N) is 3. The number of aromatic nitrogens is 3. The molecule has 25 heavy (non-hydrogen) atoms. The van der Waals surface area contributed by atoms with Crippen LogP contribution in [-0.2, 0) is 0 Å². The van der Waals surface area contributed by atoms with Crippen molar-refractivity contribution in [3.8, 4) is 11.4 Å². The fourth-order valence-electron chi connectivity index (χ4n) is 2.51. The van der Waals surface area contributed by atoms with E-state index in [9.17, 15) is 4.79 Å². The molecular weight excluding hydrogens is 377 g/mol. The summed E-state index contributed by atoms with van der Waals surface area (Å²) in [5.41, 5.74) is 2.66. The predicted molar refractivity (Wildman–Crippen MR) is 103 cm³/mol. The van der Waals surface area contributed by atoms with E-state index in [1.54, 1.807) is 22.6 Å². The van der Waals surface area contributed by atoms with E-state index in [1.165, 1.54) is 11.3 Å². The fourth-order valence-corrected chi connectivity index (χ4v) is 3.72. The van der Waals surface area contributed by atoms with Crippen molar-refractivity contribution in [1.82, 2.24) is 14.6 Å². The van der Waals surface area contributed by atoms with Crippen LogP contribution >= 0.6 is 34.5 Å². The fraction of sp³-hybridized carbons (Fsp3) is 0.0556. The molecule has 2 aromatic carbocycles. The van der Waals surface area contributed by atoms with Crippen molar-refractivity contribution in [2.75, 3.05) is 0 Å². The molecule has 0 aliphatic carbocycles. The van der Waals surface area contributed by atoms with Crippen molar-refractivity contribution in [2.24, 2.45) is 0 Å². The van der Waals surface area contributed by atoms with Gasteiger partial charge in [0.05, 0.1) is 14.6 Å². The number of thiazole rings is 1. The highest BCUT2D eigenvalue weighted by molar-refractivity contribution is 7.15. The van der Waals surface area contributed by atoms with E-state index in [0.717, 1.165) is 16.7 Å². The summed E-state index contributed by atoms with van der Waals surface area (Å²) < 4.78 is 2.11. The summed E-state index contributed by atoms with van der Waals surface area (Å²) >= 11 is 13.3. The number of aryl methyl sites for hydroxylation is 1. The Morgan fingerprint density at radius 2 is 1.80 bits per heavy atom. The Balaban J connectivity index is 1.89. The Hall–Kier alpha value is -2.21. The molecule has 0 saturated carbocycles. The Kier molecular flexibility index (Phi) is 4.07. The van der Waals surface area contributed by atoms with Gasteiger partial charge in [-0.2, -0.15) is 0 Å². The zero-order chi connectivity index (χ0) is 17.6. The first-order valence-electron chi connectivity index (χ1n) is 7.45. The minimum absolute atomic E-state index is 0.147. The summed E-state index contributed by atoms with van der Waals surface area (Å²) in [5.74, 6) is 0.546. The van der Waals surface area contributed by atoms with Gasteiger partial charge in [-0.15, -0.1) is 10.2 Å². The smallest absolute Gasteiger partial charge is 0.267 e. The first kappa shape index (κ1) is 16.3. The van der Waals surface area contributed by atoms with Crippen LogP contribution in [0.1, 0.15) is 11.1 Å². The monoisotopic (exact) mass is 387 g/mol. The zero-order valence-corrected chi connectivity index (χ0v) is 15.4. The largest absolute Gasteiger partial charge is 0.276 e. The van der Waals surface area contributed by atoms with Crippen LogP contribution in [0.25, 0.3) is 22.4 Å². The van der Waals surface area contributed by atoms with Crippen molar-refractivity contribution in [2.45, 2.75) is 6.92 Å². The first-order chi connectivity index (χ1) is 12.0. The van der Waals surface area contributed by atoms with Crippen LogP contribution in [0.2, 0.25) is 10.0 Å². The van der Waals surface area contributed by atoms with E-state index in [4.69, 9.17) is 23.2 Å². The van der Waals surface area contributed by atoms with Gasteiger partial charge in [0.2, 0.25) is 4.96 Å². The van der Waals surface area contributed by atoms with Crippen LogP contribution in [0, 0.1) is 6.92 Å². The van der Waals surface area contributed by atoms with Gasteiger partial charge in [0.25, 0.3) is 5.56 Å². The highest BCUT2D eigenvalue weighted by Gasteiger charge is 2.14. The maximum absolute atomic E-state index is 12.8. The molecule has 0 atom stereocenters. The molecule has 2 heterocycles. The van der Waals surface area contributed by atoms with Crippen molar-refractivity contribution in [3.05, 3.63) is 78.5 Å². The normalized spacial score (nSPS) is 12.2. The number of rotatable bonds is 2. The molecule has 0 bridgehead atoms. The molecule has 4 aromatic rings.